The minimum atomic E-state index is -0.0928. The number of anilines is 1. The summed E-state index contributed by atoms with van der Waals surface area (Å²) in [5.74, 6) is 1.49. The molecule has 0 aliphatic heterocycles. The molecular formula is C15H18N2O3. The van der Waals surface area contributed by atoms with Crippen LogP contribution in [0, 0.1) is 6.92 Å². The highest BCUT2D eigenvalue weighted by Crippen LogP contribution is 2.20. The zero-order valence-electron chi connectivity index (χ0n) is 11.6. The highest BCUT2D eigenvalue weighted by atomic mass is 16.5. The number of aryl methyl sites for hydroxylation is 1. The standard InChI is InChI=1S/C15H18N2O3/c1-11-8-12(19-2)5-6-14(11)17-15(18)10-16-9-13-4-3-7-20-13/h3-8,16H,9-10H2,1-2H3,(H,17,18). The maximum atomic E-state index is 11.8. The van der Waals surface area contributed by atoms with E-state index in [4.69, 9.17) is 9.15 Å². The molecule has 0 spiro atoms. The summed E-state index contributed by atoms with van der Waals surface area (Å²) in [7, 11) is 1.62. The Balaban J connectivity index is 1.82. The quantitative estimate of drug-likeness (QED) is 0.848. The topological polar surface area (TPSA) is 63.5 Å². The lowest BCUT2D eigenvalue weighted by Gasteiger charge is -2.10. The molecule has 2 rings (SSSR count). The molecule has 2 aromatic rings. The van der Waals surface area contributed by atoms with Crippen molar-refractivity contribution in [2.45, 2.75) is 13.5 Å². The van der Waals surface area contributed by atoms with Crippen molar-refractivity contribution in [1.29, 1.82) is 0 Å². The molecule has 20 heavy (non-hydrogen) atoms. The first kappa shape index (κ1) is 14.1. The Morgan fingerprint density at radius 3 is 2.85 bits per heavy atom. The minimum Gasteiger partial charge on any atom is -0.497 e. The summed E-state index contributed by atoms with van der Waals surface area (Å²) >= 11 is 0. The van der Waals surface area contributed by atoms with Gasteiger partial charge in [0.05, 0.1) is 26.5 Å². The van der Waals surface area contributed by atoms with Crippen molar-refractivity contribution in [2.24, 2.45) is 0 Å². The summed E-state index contributed by atoms with van der Waals surface area (Å²) in [6.07, 6.45) is 1.61. The molecule has 0 fully saturated rings. The molecule has 0 saturated carbocycles. The number of furan rings is 1. The molecule has 0 aliphatic carbocycles. The average Bonchev–Trinajstić information content (AvgIpc) is 2.94. The number of ether oxygens (including phenoxy) is 1. The number of hydrogen-bond acceptors (Lipinski definition) is 4. The van der Waals surface area contributed by atoms with Crippen LogP contribution in [-0.4, -0.2) is 19.6 Å². The fourth-order valence-electron chi connectivity index (χ4n) is 1.81. The summed E-state index contributed by atoms with van der Waals surface area (Å²) in [6, 6.07) is 9.21. The van der Waals surface area contributed by atoms with E-state index in [1.165, 1.54) is 0 Å². The molecular weight excluding hydrogens is 256 g/mol. The SMILES string of the molecule is COc1ccc(NC(=O)CNCc2ccco2)c(C)c1. The number of benzene rings is 1. The van der Waals surface area contributed by atoms with Crippen LogP contribution >= 0.6 is 0 Å². The van der Waals surface area contributed by atoms with E-state index in [1.807, 2.05) is 37.3 Å². The van der Waals surface area contributed by atoms with E-state index in [9.17, 15) is 4.79 Å². The van der Waals surface area contributed by atoms with Gasteiger partial charge in [0.15, 0.2) is 0 Å². The van der Waals surface area contributed by atoms with E-state index in [1.54, 1.807) is 13.4 Å². The molecule has 1 aromatic heterocycles. The van der Waals surface area contributed by atoms with Crippen molar-refractivity contribution in [3.8, 4) is 5.75 Å². The number of nitrogens with one attached hydrogen (secondary N) is 2. The van der Waals surface area contributed by atoms with E-state index in [-0.39, 0.29) is 12.5 Å². The second-order valence-corrected chi connectivity index (χ2v) is 4.41. The number of amides is 1. The summed E-state index contributed by atoms with van der Waals surface area (Å²) in [4.78, 5) is 11.8. The fraction of sp³-hybridized carbons (Fsp3) is 0.267. The second kappa shape index (κ2) is 6.77. The van der Waals surface area contributed by atoms with Crippen LogP contribution < -0.4 is 15.4 Å². The van der Waals surface area contributed by atoms with Crippen molar-refractivity contribution >= 4 is 11.6 Å². The van der Waals surface area contributed by atoms with Gasteiger partial charge in [-0.3, -0.25) is 4.79 Å². The predicted octanol–water partition coefficient (Wildman–Crippen LogP) is 2.32. The van der Waals surface area contributed by atoms with Crippen LogP contribution in [0.1, 0.15) is 11.3 Å². The third kappa shape index (κ3) is 3.86. The van der Waals surface area contributed by atoms with Crippen molar-refractivity contribution in [2.75, 3.05) is 19.0 Å². The van der Waals surface area contributed by atoms with Crippen molar-refractivity contribution < 1.29 is 13.9 Å². The zero-order chi connectivity index (χ0) is 14.4. The van der Waals surface area contributed by atoms with Gasteiger partial charge in [-0.1, -0.05) is 0 Å². The lowest BCUT2D eigenvalue weighted by molar-refractivity contribution is -0.115. The molecule has 0 saturated heterocycles. The Labute approximate surface area is 117 Å². The molecule has 0 unspecified atom stereocenters. The van der Waals surface area contributed by atoms with Gasteiger partial charge in [0, 0.05) is 5.69 Å². The third-order valence-electron chi connectivity index (χ3n) is 2.87. The maximum absolute atomic E-state index is 11.8. The van der Waals surface area contributed by atoms with E-state index >= 15 is 0 Å². The Morgan fingerprint density at radius 1 is 1.35 bits per heavy atom. The first-order chi connectivity index (χ1) is 9.69. The predicted molar refractivity (Wildman–Crippen MR) is 76.8 cm³/mol. The van der Waals surface area contributed by atoms with Gasteiger partial charge < -0.3 is 19.8 Å². The van der Waals surface area contributed by atoms with Gasteiger partial charge in [-0.15, -0.1) is 0 Å². The third-order valence-corrected chi connectivity index (χ3v) is 2.87. The normalized spacial score (nSPS) is 10.3. The molecule has 0 atom stereocenters. The van der Waals surface area contributed by atoms with Crippen LogP contribution in [0.3, 0.4) is 0 Å². The van der Waals surface area contributed by atoms with Crippen molar-refractivity contribution in [3.63, 3.8) is 0 Å². The van der Waals surface area contributed by atoms with Crippen molar-refractivity contribution in [1.82, 2.24) is 5.32 Å². The molecule has 0 radical (unpaired) electrons. The molecule has 1 amide bonds. The van der Waals surface area contributed by atoms with E-state index in [2.05, 4.69) is 10.6 Å². The first-order valence-corrected chi connectivity index (χ1v) is 6.36. The number of methoxy groups -OCH3 is 1. The van der Waals surface area contributed by atoms with Gasteiger partial charge in [-0.05, 0) is 42.8 Å². The Hall–Kier alpha value is -2.27. The van der Waals surface area contributed by atoms with Crippen LogP contribution in [-0.2, 0) is 11.3 Å². The van der Waals surface area contributed by atoms with Crippen LogP contribution in [0.15, 0.2) is 41.0 Å². The summed E-state index contributed by atoms with van der Waals surface area (Å²) in [5, 5.41) is 5.87. The van der Waals surface area contributed by atoms with Gasteiger partial charge in [0.25, 0.3) is 0 Å². The van der Waals surface area contributed by atoms with Crippen LogP contribution in [0.25, 0.3) is 0 Å². The van der Waals surface area contributed by atoms with Gasteiger partial charge in [0.1, 0.15) is 11.5 Å². The van der Waals surface area contributed by atoms with E-state index < -0.39 is 0 Å². The summed E-state index contributed by atoms with van der Waals surface area (Å²) < 4.78 is 10.3. The first-order valence-electron chi connectivity index (χ1n) is 6.36. The van der Waals surface area contributed by atoms with Gasteiger partial charge in [-0.2, -0.15) is 0 Å². The molecule has 2 N–H and O–H groups in total. The molecule has 1 aromatic carbocycles. The Bertz CT molecular complexity index is 565. The average molecular weight is 274 g/mol. The van der Waals surface area contributed by atoms with Crippen LogP contribution in [0.5, 0.6) is 5.75 Å². The largest absolute Gasteiger partial charge is 0.497 e. The molecule has 106 valence electrons. The zero-order valence-corrected chi connectivity index (χ0v) is 11.6. The number of carbonyl (C=O) groups excluding carboxylic acids is 1. The summed E-state index contributed by atoms with van der Waals surface area (Å²) in [5.41, 5.74) is 1.75. The lowest BCUT2D eigenvalue weighted by Crippen LogP contribution is -2.27. The Kier molecular flexibility index (Phi) is 4.79. The van der Waals surface area contributed by atoms with Crippen LogP contribution in [0.4, 0.5) is 5.69 Å². The van der Waals surface area contributed by atoms with Gasteiger partial charge >= 0.3 is 0 Å². The highest BCUT2D eigenvalue weighted by Gasteiger charge is 2.06. The lowest BCUT2D eigenvalue weighted by atomic mass is 10.2. The Morgan fingerprint density at radius 2 is 2.20 bits per heavy atom. The summed E-state index contributed by atoms with van der Waals surface area (Å²) in [6.45, 7) is 2.68. The number of rotatable bonds is 6. The molecule has 1 heterocycles. The van der Waals surface area contributed by atoms with E-state index in [0.29, 0.717) is 6.54 Å². The van der Waals surface area contributed by atoms with E-state index in [0.717, 1.165) is 22.8 Å². The molecule has 0 aliphatic rings. The van der Waals surface area contributed by atoms with Crippen molar-refractivity contribution in [3.05, 3.63) is 47.9 Å². The van der Waals surface area contributed by atoms with Crippen LogP contribution in [0.2, 0.25) is 0 Å². The molecule has 5 nitrogen and oxygen atoms in total. The number of carbonyl (C=O) groups is 1. The number of hydrogen-bond donors (Lipinski definition) is 2. The fourth-order valence-corrected chi connectivity index (χ4v) is 1.81. The highest BCUT2D eigenvalue weighted by molar-refractivity contribution is 5.93. The molecule has 5 heteroatoms. The maximum Gasteiger partial charge on any atom is 0.238 e. The second-order valence-electron chi connectivity index (χ2n) is 4.41. The minimum absolute atomic E-state index is 0.0928. The van der Waals surface area contributed by atoms with Gasteiger partial charge in [-0.25, -0.2) is 0 Å². The smallest absolute Gasteiger partial charge is 0.238 e. The van der Waals surface area contributed by atoms with Gasteiger partial charge in [0.2, 0.25) is 5.91 Å². The monoisotopic (exact) mass is 274 g/mol. The molecule has 0 bridgehead atoms.